The van der Waals surface area contributed by atoms with E-state index < -0.39 is 11.9 Å². The fraction of sp³-hybridized carbons (Fsp3) is 0.278. The molecule has 0 saturated carbocycles. The number of aliphatic hydroxyl groups is 1. The molecule has 7 nitrogen and oxygen atoms in total. The Balaban J connectivity index is 3.34. The van der Waals surface area contributed by atoms with Gasteiger partial charge < -0.3 is 19.5 Å². The number of nitrogens with zero attached hydrogens (tertiary/aromatic N) is 2. The third-order valence-electron chi connectivity index (χ3n) is 2.91. The van der Waals surface area contributed by atoms with Crippen molar-refractivity contribution in [1.82, 2.24) is 4.90 Å². The maximum atomic E-state index is 12.2. The van der Waals surface area contributed by atoms with Gasteiger partial charge in [-0.1, -0.05) is 30.3 Å². The average molecular weight is 346 g/mol. The van der Waals surface area contributed by atoms with Crippen molar-refractivity contribution in [3.05, 3.63) is 53.4 Å². The molecule has 0 aliphatic carbocycles. The van der Waals surface area contributed by atoms with E-state index >= 15 is 0 Å². The summed E-state index contributed by atoms with van der Waals surface area (Å²) in [7, 11) is 4.65. The number of carbonyl (C=O) groups excluding carboxylic acids is 2. The predicted molar refractivity (Wildman–Crippen MR) is 94.9 cm³/mol. The fourth-order valence-corrected chi connectivity index (χ4v) is 1.79. The third kappa shape index (κ3) is 6.14. The minimum absolute atomic E-state index is 0.0323. The first kappa shape index (κ1) is 20.0. The van der Waals surface area contributed by atoms with Gasteiger partial charge in [0.05, 0.1) is 13.7 Å². The van der Waals surface area contributed by atoms with Crippen LogP contribution in [0.4, 0.5) is 0 Å². The Morgan fingerprint density at radius 2 is 1.84 bits per heavy atom. The monoisotopic (exact) mass is 346 g/mol. The Hall–Kier alpha value is -3.09. The number of rotatable bonds is 7. The second-order valence-electron chi connectivity index (χ2n) is 5.08. The summed E-state index contributed by atoms with van der Waals surface area (Å²) in [6, 6.07) is 8.50. The molecule has 0 atom stereocenters. The minimum Gasteiger partial charge on any atom is -0.506 e. The van der Waals surface area contributed by atoms with Crippen LogP contribution in [0.15, 0.2) is 52.8 Å². The van der Waals surface area contributed by atoms with E-state index in [-0.39, 0.29) is 23.6 Å². The van der Waals surface area contributed by atoms with Crippen LogP contribution in [0.25, 0.3) is 5.76 Å². The highest BCUT2D eigenvalue weighted by molar-refractivity contribution is 6.15. The molecule has 0 unspecified atom stereocenters. The van der Waals surface area contributed by atoms with Crippen molar-refractivity contribution in [1.29, 1.82) is 0 Å². The topological polar surface area (TPSA) is 88.4 Å². The lowest BCUT2D eigenvalue weighted by Crippen LogP contribution is -2.13. The van der Waals surface area contributed by atoms with E-state index in [4.69, 9.17) is 4.74 Å². The van der Waals surface area contributed by atoms with E-state index in [9.17, 15) is 14.7 Å². The number of hydrogen-bond donors (Lipinski definition) is 1. The van der Waals surface area contributed by atoms with Crippen molar-refractivity contribution >= 4 is 23.9 Å². The average Bonchev–Trinajstić information content (AvgIpc) is 2.60. The Bertz CT molecular complexity index is 691. The first-order chi connectivity index (χ1) is 11.9. The molecule has 0 saturated heterocycles. The van der Waals surface area contributed by atoms with E-state index in [0.29, 0.717) is 5.56 Å². The number of esters is 2. The largest absolute Gasteiger partial charge is 0.506 e. The van der Waals surface area contributed by atoms with Crippen LogP contribution in [0.2, 0.25) is 0 Å². The summed E-state index contributed by atoms with van der Waals surface area (Å²) >= 11 is 0. The van der Waals surface area contributed by atoms with Crippen LogP contribution in [0.5, 0.6) is 0 Å². The SMILES string of the molecule is CCOC(=O)C(/C=N/C(=C/N(C)C)C(=O)OC)=C(/O)c1ccccc1. The highest BCUT2D eigenvalue weighted by Crippen LogP contribution is 2.16. The Kier molecular flexibility index (Phi) is 7.92. The summed E-state index contributed by atoms with van der Waals surface area (Å²) in [5.41, 5.74) is 0.227. The van der Waals surface area contributed by atoms with Gasteiger partial charge in [-0.3, -0.25) is 0 Å². The number of aliphatic hydroxyl groups excluding tert-OH is 1. The normalized spacial score (nSPS) is 12.6. The zero-order valence-electron chi connectivity index (χ0n) is 14.7. The van der Waals surface area contributed by atoms with Crippen molar-refractivity contribution in [2.45, 2.75) is 6.92 Å². The molecule has 0 bridgehead atoms. The van der Waals surface area contributed by atoms with E-state index in [1.165, 1.54) is 13.3 Å². The summed E-state index contributed by atoms with van der Waals surface area (Å²) in [6.07, 6.45) is 2.53. The second-order valence-corrected chi connectivity index (χ2v) is 5.08. The third-order valence-corrected chi connectivity index (χ3v) is 2.91. The number of ether oxygens (including phenoxy) is 2. The standard InChI is InChI=1S/C18H22N2O5/c1-5-25-17(22)14(16(21)13-9-7-6-8-10-13)11-19-15(12-20(2)3)18(23)24-4/h6-12,21H,5H2,1-4H3/b15-12+,16-14+,19-11+. The van der Waals surface area contributed by atoms with Crippen molar-refractivity contribution < 1.29 is 24.2 Å². The van der Waals surface area contributed by atoms with Gasteiger partial charge in [0, 0.05) is 32.1 Å². The predicted octanol–water partition coefficient (Wildman–Crippen LogP) is 2.17. The molecule has 0 aromatic heterocycles. The second kappa shape index (κ2) is 9.92. The molecule has 1 aromatic rings. The molecule has 0 aliphatic rings. The van der Waals surface area contributed by atoms with E-state index in [1.807, 2.05) is 0 Å². The molecular weight excluding hydrogens is 324 g/mol. The van der Waals surface area contributed by atoms with Crippen LogP contribution in [-0.2, 0) is 19.1 Å². The van der Waals surface area contributed by atoms with Gasteiger partial charge in [-0.2, -0.15) is 0 Å². The van der Waals surface area contributed by atoms with Gasteiger partial charge in [0.15, 0.2) is 5.70 Å². The fourth-order valence-electron chi connectivity index (χ4n) is 1.79. The summed E-state index contributed by atoms with van der Waals surface area (Å²) in [5.74, 6) is -1.72. The summed E-state index contributed by atoms with van der Waals surface area (Å²) in [5, 5.41) is 10.4. The van der Waals surface area contributed by atoms with Gasteiger partial charge in [-0.05, 0) is 6.92 Å². The molecule has 0 fully saturated rings. The summed E-state index contributed by atoms with van der Waals surface area (Å²) < 4.78 is 9.61. The Morgan fingerprint density at radius 3 is 2.36 bits per heavy atom. The lowest BCUT2D eigenvalue weighted by molar-refractivity contribution is -0.138. The molecule has 0 aliphatic heterocycles. The van der Waals surface area contributed by atoms with Crippen LogP contribution in [0, 0.1) is 0 Å². The number of hydrogen-bond acceptors (Lipinski definition) is 7. The molecule has 1 N–H and O–H groups in total. The smallest absolute Gasteiger partial charge is 0.358 e. The molecule has 25 heavy (non-hydrogen) atoms. The van der Waals surface area contributed by atoms with Crippen LogP contribution in [0.3, 0.4) is 0 Å². The van der Waals surface area contributed by atoms with Gasteiger partial charge in [0.2, 0.25) is 0 Å². The van der Waals surface area contributed by atoms with Crippen molar-refractivity contribution in [2.75, 3.05) is 27.8 Å². The maximum Gasteiger partial charge on any atom is 0.358 e. The molecule has 1 rings (SSSR count). The molecule has 0 radical (unpaired) electrons. The van der Waals surface area contributed by atoms with Gasteiger partial charge in [-0.25, -0.2) is 14.6 Å². The van der Waals surface area contributed by atoms with Gasteiger partial charge in [0.25, 0.3) is 0 Å². The molecule has 7 heteroatoms. The maximum absolute atomic E-state index is 12.2. The summed E-state index contributed by atoms with van der Waals surface area (Å²) in [4.78, 5) is 29.5. The first-order valence-electron chi connectivity index (χ1n) is 7.57. The quantitative estimate of drug-likeness (QED) is 0.352. The van der Waals surface area contributed by atoms with Crippen LogP contribution >= 0.6 is 0 Å². The molecule has 0 amide bonds. The number of carbonyl (C=O) groups is 2. The number of benzene rings is 1. The van der Waals surface area contributed by atoms with Crippen molar-refractivity contribution in [2.24, 2.45) is 4.99 Å². The summed E-state index contributed by atoms with van der Waals surface area (Å²) in [6.45, 7) is 1.79. The van der Waals surface area contributed by atoms with E-state index in [0.717, 1.165) is 6.21 Å². The van der Waals surface area contributed by atoms with Gasteiger partial charge in [-0.15, -0.1) is 0 Å². The zero-order chi connectivity index (χ0) is 18.8. The van der Waals surface area contributed by atoms with Crippen LogP contribution in [-0.4, -0.2) is 56.0 Å². The molecule has 1 aromatic carbocycles. The molecular formula is C18H22N2O5. The lowest BCUT2D eigenvalue weighted by Gasteiger charge is -2.08. The first-order valence-corrected chi connectivity index (χ1v) is 7.57. The lowest BCUT2D eigenvalue weighted by atomic mass is 10.1. The van der Waals surface area contributed by atoms with Crippen LogP contribution < -0.4 is 0 Å². The molecule has 134 valence electrons. The van der Waals surface area contributed by atoms with E-state index in [2.05, 4.69) is 9.73 Å². The van der Waals surface area contributed by atoms with Gasteiger partial charge >= 0.3 is 11.9 Å². The van der Waals surface area contributed by atoms with Crippen LogP contribution in [0.1, 0.15) is 12.5 Å². The number of methoxy groups -OCH3 is 1. The molecule has 0 spiro atoms. The highest BCUT2D eigenvalue weighted by Gasteiger charge is 2.17. The Morgan fingerprint density at radius 1 is 1.20 bits per heavy atom. The highest BCUT2D eigenvalue weighted by atomic mass is 16.5. The minimum atomic E-state index is -0.748. The van der Waals surface area contributed by atoms with Crippen molar-refractivity contribution in [3.8, 4) is 0 Å². The van der Waals surface area contributed by atoms with Crippen molar-refractivity contribution in [3.63, 3.8) is 0 Å². The van der Waals surface area contributed by atoms with Gasteiger partial charge in [0.1, 0.15) is 11.3 Å². The van der Waals surface area contributed by atoms with E-state index in [1.54, 1.807) is 56.3 Å². The Labute approximate surface area is 146 Å². The zero-order valence-corrected chi connectivity index (χ0v) is 14.7. The molecule has 0 heterocycles. The number of aliphatic imine (C=N–C) groups is 1.